The van der Waals surface area contributed by atoms with Crippen molar-refractivity contribution in [3.63, 3.8) is 0 Å². The fourth-order valence-electron chi connectivity index (χ4n) is 1.69. The van der Waals surface area contributed by atoms with Crippen LogP contribution in [-0.4, -0.2) is 19.0 Å². The molecule has 82 valence electrons. The summed E-state index contributed by atoms with van der Waals surface area (Å²) in [4.78, 5) is 12.4. The summed E-state index contributed by atoms with van der Waals surface area (Å²) in [6, 6.07) is 10.7. The summed E-state index contributed by atoms with van der Waals surface area (Å²) in [7, 11) is 3.89. The van der Waals surface area contributed by atoms with Gasteiger partial charge in [-0.2, -0.15) is 0 Å². The Morgan fingerprint density at radius 3 is 2.56 bits per heavy atom. The summed E-state index contributed by atoms with van der Waals surface area (Å²) in [6.45, 7) is 0. The SMILES string of the molecule is CN(C)c1ccc2c([N+](=O)[O-])cccc2c1. The van der Waals surface area contributed by atoms with E-state index in [1.54, 1.807) is 12.1 Å². The van der Waals surface area contributed by atoms with E-state index in [1.807, 2.05) is 37.2 Å². The number of nitro benzene ring substituents is 1. The Morgan fingerprint density at radius 1 is 1.19 bits per heavy atom. The van der Waals surface area contributed by atoms with Gasteiger partial charge in [0.05, 0.1) is 10.3 Å². The Bertz CT molecular complexity index is 550. The third kappa shape index (κ3) is 1.69. The van der Waals surface area contributed by atoms with Crippen molar-refractivity contribution in [1.82, 2.24) is 0 Å². The normalized spacial score (nSPS) is 10.4. The molecule has 0 amide bonds. The molecule has 0 aliphatic rings. The Hall–Kier alpha value is -2.10. The largest absolute Gasteiger partial charge is 0.378 e. The minimum absolute atomic E-state index is 0.155. The number of benzene rings is 2. The molecule has 0 aliphatic heterocycles. The highest BCUT2D eigenvalue weighted by Crippen LogP contribution is 2.28. The minimum Gasteiger partial charge on any atom is -0.378 e. The maximum atomic E-state index is 10.8. The molecule has 16 heavy (non-hydrogen) atoms. The molecule has 4 nitrogen and oxygen atoms in total. The van der Waals surface area contributed by atoms with E-state index in [4.69, 9.17) is 0 Å². The maximum Gasteiger partial charge on any atom is 0.277 e. The highest BCUT2D eigenvalue weighted by Gasteiger charge is 2.10. The van der Waals surface area contributed by atoms with Gasteiger partial charge >= 0.3 is 0 Å². The first-order valence-corrected chi connectivity index (χ1v) is 4.94. The van der Waals surface area contributed by atoms with Gasteiger partial charge in [-0.3, -0.25) is 10.1 Å². The molecule has 0 atom stereocenters. The third-order valence-corrected chi connectivity index (χ3v) is 2.55. The lowest BCUT2D eigenvalue weighted by molar-refractivity contribution is -0.383. The molecule has 2 rings (SSSR count). The molecule has 0 fully saturated rings. The van der Waals surface area contributed by atoms with Gasteiger partial charge in [-0.15, -0.1) is 0 Å². The Morgan fingerprint density at radius 2 is 1.94 bits per heavy atom. The molecule has 0 heterocycles. The van der Waals surface area contributed by atoms with Gasteiger partial charge in [0, 0.05) is 25.8 Å². The summed E-state index contributed by atoms with van der Waals surface area (Å²) in [5.41, 5.74) is 1.19. The van der Waals surface area contributed by atoms with E-state index in [0.717, 1.165) is 11.1 Å². The highest BCUT2D eigenvalue weighted by atomic mass is 16.6. The molecule has 0 aliphatic carbocycles. The summed E-state index contributed by atoms with van der Waals surface area (Å²) in [5, 5.41) is 12.4. The summed E-state index contributed by atoms with van der Waals surface area (Å²) < 4.78 is 0. The second kappa shape index (κ2) is 3.81. The topological polar surface area (TPSA) is 46.4 Å². The van der Waals surface area contributed by atoms with Crippen LogP contribution in [0.1, 0.15) is 0 Å². The van der Waals surface area contributed by atoms with Crippen molar-refractivity contribution >= 4 is 22.1 Å². The quantitative estimate of drug-likeness (QED) is 0.572. The van der Waals surface area contributed by atoms with Gasteiger partial charge in [-0.1, -0.05) is 12.1 Å². The zero-order valence-electron chi connectivity index (χ0n) is 9.18. The Balaban J connectivity index is 2.69. The first-order chi connectivity index (χ1) is 7.59. The molecule has 4 heteroatoms. The molecular formula is C12H12N2O2. The molecule has 0 saturated heterocycles. The summed E-state index contributed by atoms with van der Waals surface area (Å²) >= 11 is 0. The molecule has 0 spiro atoms. The van der Waals surface area contributed by atoms with Gasteiger partial charge in [0.25, 0.3) is 5.69 Å². The zero-order chi connectivity index (χ0) is 11.7. The molecule has 0 bridgehead atoms. The second-order valence-corrected chi connectivity index (χ2v) is 3.83. The molecule has 2 aromatic rings. The van der Waals surface area contributed by atoms with Crippen LogP contribution in [0.15, 0.2) is 36.4 Å². The van der Waals surface area contributed by atoms with E-state index in [2.05, 4.69) is 0 Å². The van der Waals surface area contributed by atoms with E-state index < -0.39 is 0 Å². The average molecular weight is 216 g/mol. The molecular weight excluding hydrogens is 204 g/mol. The van der Waals surface area contributed by atoms with Crippen LogP contribution < -0.4 is 4.90 Å². The third-order valence-electron chi connectivity index (χ3n) is 2.55. The van der Waals surface area contributed by atoms with Crippen LogP contribution in [0.3, 0.4) is 0 Å². The lowest BCUT2D eigenvalue weighted by atomic mass is 10.1. The smallest absolute Gasteiger partial charge is 0.277 e. The molecule has 0 radical (unpaired) electrons. The lowest BCUT2D eigenvalue weighted by Gasteiger charge is -2.12. The van der Waals surface area contributed by atoms with Crippen molar-refractivity contribution < 1.29 is 4.92 Å². The minimum atomic E-state index is -0.350. The number of hydrogen-bond donors (Lipinski definition) is 0. The van der Waals surface area contributed by atoms with Gasteiger partial charge in [0.2, 0.25) is 0 Å². The van der Waals surface area contributed by atoms with Gasteiger partial charge in [0.15, 0.2) is 0 Å². The van der Waals surface area contributed by atoms with Gasteiger partial charge in [-0.05, 0) is 23.6 Å². The molecule has 0 saturated carbocycles. The fourth-order valence-corrected chi connectivity index (χ4v) is 1.69. The lowest BCUT2D eigenvalue weighted by Crippen LogP contribution is -2.08. The van der Waals surface area contributed by atoms with E-state index in [9.17, 15) is 10.1 Å². The second-order valence-electron chi connectivity index (χ2n) is 3.83. The van der Waals surface area contributed by atoms with Gasteiger partial charge in [-0.25, -0.2) is 0 Å². The van der Waals surface area contributed by atoms with Crippen LogP contribution in [0.5, 0.6) is 0 Å². The fraction of sp³-hybridized carbons (Fsp3) is 0.167. The number of nitro groups is 1. The maximum absolute atomic E-state index is 10.8. The summed E-state index contributed by atoms with van der Waals surface area (Å²) in [6.07, 6.45) is 0. The van der Waals surface area contributed by atoms with Crippen molar-refractivity contribution in [1.29, 1.82) is 0 Å². The van der Waals surface area contributed by atoms with Crippen molar-refractivity contribution in [3.8, 4) is 0 Å². The van der Waals surface area contributed by atoms with Gasteiger partial charge < -0.3 is 4.90 Å². The Labute approximate surface area is 93.3 Å². The van der Waals surface area contributed by atoms with E-state index in [-0.39, 0.29) is 10.6 Å². The number of anilines is 1. The first-order valence-electron chi connectivity index (χ1n) is 4.94. The molecule has 2 aromatic carbocycles. The predicted molar refractivity (Wildman–Crippen MR) is 64.9 cm³/mol. The van der Waals surface area contributed by atoms with Crippen LogP contribution in [0, 0.1) is 10.1 Å². The highest BCUT2D eigenvalue weighted by molar-refractivity contribution is 5.93. The molecule has 0 aromatic heterocycles. The van der Waals surface area contributed by atoms with Crippen molar-refractivity contribution in [2.45, 2.75) is 0 Å². The number of fused-ring (bicyclic) bond motifs is 1. The number of hydrogen-bond acceptors (Lipinski definition) is 3. The van der Waals surface area contributed by atoms with Crippen LogP contribution >= 0.6 is 0 Å². The van der Waals surface area contributed by atoms with E-state index >= 15 is 0 Å². The molecule has 0 N–H and O–H groups in total. The summed E-state index contributed by atoms with van der Waals surface area (Å²) in [5.74, 6) is 0. The zero-order valence-corrected chi connectivity index (χ0v) is 9.18. The number of non-ortho nitro benzene ring substituents is 1. The van der Waals surface area contributed by atoms with Crippen molar-refractivity contribution in [3.05, 3.63) is 46.5 Å². The molecule has 0 unspecified atom stereocenters. The van der Waals surface area contributed by atoms with Crippen molar-refractivity contribution in [2.24, 2.45) is 0 Å². The monoisotopic (exact) mass is 216 g/mol. The van der Waals surface area contributed by atoms with E-state index in [0.29, 0.717) is 5.39 Å². The average Bonchev–Trinajstić information content (AvgIpc) is 2.27. The van der Waals surface area contributed by atoms with E-state index in [1.165, 1.54) is 6.07 Å². The van der Waals surface area contributed by atoms with Crippen molar-refractivity contribution in [2.75, 3.05) is 19.0 Å². The standard InChI is InChI=1S/C12H12N2O2/c1-13(2)10-6-7-11-9(8-10)4-3-5-12(11)14(15)16/h3-8H,1-2H3. The van der Waals surface area contributed by atoms with Crippen LogP contribution in [-0.2, 0) is 0 Å². The first kappa shape index (κ1) is 10.4. The van der Waals surface area contributed by atoms with Gasteiger partial charge in [0.1, 0.15) is 0 Å². The van der Waals surface area contributed by atoms with Crippen LogP contribution in [0.25, 0.3) is 10.8 Å². The number of nitrogens with zero attached hydrogens (tertiary/aromatic N) is 2. The number of rotatable bonds is 2. The Kier molecular flexibility index (Phi) is 2.48. The van der Waals surface area contributed by atoms with Crippen LogP contribution in [0.2, 0.25) is 0 Å². The predicted octanol–water partition coefficient (Wildman–Crippen LogP) is 2.81. The van der Waals surface area contributed by atoms with Crippen LogP contribution in [0.4, 0.5) is 11.4 Å².